The molecule has 25 heavy (non-hydrogen) atoms. The van der Waals surface area contributed by atoms with Gasteiger partial charge in [0.25, 0.3) is 0 Å². The van der Waals surface area contributed by atoms with E-state index >= 15 is 0 Å². The predicted molar refractivity (Wildman–Crippen MR) is 94.6 cm³/mol. The van der Waals surface area contributed by atoms with Crippen LogP contribution in [0.25, 0.3) is 0 Å². The van der Waals surface area contributed by atoms with Crippen LogP contribution < -0.4 is 10.6 Å². The highest BCUT2D eigenvalue weighted by Gasteiger charge is 2.40. The summed E-state index contributed by atoms with van der Waals surface area (Å²) in [7, 11) is 0. The largest absolute Gasteiger partial charge is 0.354 e. The SMILES string of the molecule is CC(=O)N1CC(C(=O)NC2(CNC(=O)[C@@H](C)C3CC3)CCCCC2)C1. The minimum absolute atomic E-state index is 0.0257. The lowest BCUT2D eigenvalue weighted by Gasteiger charge is -2.43. The molecular weight excluding hydrogens is 318 g/mol. The molecule has 0 spiro atoms. The molecule has 3 fully saturated rings. The first-order valence-electron chi connectivity index (χ1n) is 9.75. The Morgan fingerprint density at radius 1 is 1.12 bits per heavy atom. The van der Waals surface area contributed by atoms with E-state index < -0.39 is 0 Å². The number of likely N-dealkylation sites (tertiary alicyclic amines) is 1. The van der Waals surface area contributed by atoms with Crippen LogP contribution in [-0.4, -0.2) is 47.8 Å². The Morgan fingerprint density at radius 2 is 1.76 bits per heavy atom. The molecule has 6 heteroatoms. The maximum Gasteiger partial charge on any atom is 0.227 e. The first-order valence-corrected chi connectivity index (χ1v) is 9.75. The molecular formula is C19H31N3O3. The van der Waals surface area contributed by atoms with Crippen LogP contribution in [0.5, 0.6) is 0 Å². The third-order valence-corrected chi connectivity index (χ3v) is 6.24. The van der Waals surface area contributed by atoms with Gasteiger partial charge in [0.15, 0.2) is 0 Å². The molecule has 3 aliphatic rings. The van der Waals surface area contributed by atoms with Gasteiger partial charge in [-0.05, 0) is 31.6 Å². The lowest BCUT2D eigenvalue weighted by atomic mass is 9.80. The van der Waals surface area contributed by atoms with Crippen LogP contribution in [0.15, 0.2) is 0 Å². The lowest BCUT2D eigenvalue weighted by molar-refractivity contribution is -0.142. The van der Waals surface area contributed by atoms with Crippen molar-refractivity contribution in [1.82, 2.24) is 15.5 Å². The van der Waals surface area contributed by atoms with Gasteiger partial charge in [-0.2, -0.15) is 0 Å². The zero-order chi connectivity index (χ0) is 18.0. The van der Waals surface area contributed by atoms with Crippen molar-refractivity contribution in [2.75, 3.05) is 19.6 Å². The number of nitrogens with one attached hydrogen (secondary N) is 2. The summed E-state index contributed by atoms with van der Waals surface area (Å²) in [4.78, 5) is 37.9. The van der Waals surface area contributed by atoms with E-state index in [1.165, 1.54) is 13.3 Å². The number of nitrogens with zero attached hydrogens (tertiary/aromatic N) is 1. The van der Waals surface area contributed by atoms with E-state index in [0.717, 1.165) is 38.5 Å². The van der Waals surface area contributed by atoms with Crippen molar-refractivity contribution in [3.05, 3.63) is 0 Å². The van der Waals surface area contributed by atoms with Crippen molar-refractivity contribution >= 4 is 17.7 Å². The fourth-order valence-electron chi connectivity index (χ4n) is 4.07. The highest BCUT2D eigenvalue weighted by atomic mass is 16.2. The number of hydrogen-bond donors (Lipinski definition) is 2. The molecule has 1 saturated heterocycles. The quantitative estimate of drug-likeness (QED) is 0.762. The molecule has 0 aromatic heterocycles. The van der Waals surface area contributed by atoms with Crippen LogP contribution in [0.2, 0.25) is 0 Å². The number of carbonyl (C=O) groups is 3. The maximum atomic E-state index is 12.6. The summed E-state index contributed by atoms with van der Waals surface area (Å²) in [6, 6.07) is 0. The second-order valence-corrected chi connectivity index (χ2v) is 8.30. The molecule has 0 aromatic carbocycles. The molecule has 0 aromatic rings. The molecule has 2 saturated carbocycles. The minimum atomic E-state index is -0.315. The van der Waals surface area contributed by atoms with Gasteiger partial charge in [-0.25, -0.2) is 0 Å². The number of hydrogen-bond acceptors (Lipinski definition) is 3. The summed E-state index contributed by atoms with van der Waals surface area (Å²) < 4.78 is 0. The van der Waals surface area contributed by atoms with Gasteiger partial charge in [-0.15, -0.1) is 0 Å². The van der Waals surface area contributed by atoms with Crippen molar-refractivity contribution in [3.8, 4) is 0 Å². The second kappa shape index (κ2) is 7.34. The molecule has 0 unspecified atom stereocenters. The van der Waals surface area contributed by atoms with Crippen LogP contribution in [-0.2, 0) is 14.4 Å². The van der Waals surface area contributed by atoms with Crippen LogP contribution in [0.1, 0.15) is 58.8 Å². The maximum absolute atomic E-state index is 12.6. The lowest BCUT2D eigenvalue weighted by Crippen LogP contribution is -2.62. The summed E-state index contributed by atoms with van der Waals surface area (Å²) in [6.07, 6.45) is 7.50. The molecule has 0 radical (unpaired) electrons. The summed E-state index contributed by atoms with van der Waals surface area (Å²) >= 11 is 0. The molecule has 140 valence electrons. The van der Waals surface area contributed by atoms with Crippen molar-refractivity contribution in [2.24, 2.45) is 17.8 Å². The van der Waals surface area contributed by atoms with Crippen LogP contribution >= 0.6 is 0 Å². The number of carbonyl (C=O) groups excluding carboxylic acids is 3. The Balaban J connectivity index is 1.54. The van der Waals surface area contributed by atoms with Gasteiger partial charge >= 0.3 is 0 Å². The smallest absolute Gasteiger partial charge is 0.227 e. The fourth-order valence-corrected chi connectivity index (χ4v) is 4.07. The van der Waals surface area contributed by atoms with Gasteiger partial charge in [0.1, 0.15) is 0 Å². The third kappa shape index (κ3) is 4.33. The van der Waals surface area contributed by atoms with E-state index in [0.29, 0.717) is 25.6 Å². The van der Waals surface area contributed by atoms with E-state index in [-0.39, 0.29) is 35.1 Å². The van der Waals surface area contributed by atoms with Crippen LogP contribution in [0, 0.1) is 17.8 Å². The van der Waals surface area contributed by atoms with Gasteiger partial charge in [-0.3, -0.25) is 14.4 Å². The molecule has 1 heterocycles. The molecule has 1 atom stereocenters. The molecule has 2 N–H and O–H groups in total. The normalized spacial score (nSPS) is 24.2. The van der Waals surface area contributed by atoms with E-state index in [1.54, 1.807) is 4.90 Å². The number of amides is 3. The average molecular weight is 349 g/mol. The van der Waals surface area contributed by atoms with E-state index in [2.05, 4.69) is 10.6 Å². The van der Waals surface area contributed by atoms with Crippen molar-refractivity contribution in [1.29, 1.82) is 0 Å². The average Bonchev–Trinajstić information content (AvgIpc) is 3.35. The van der Waals surface area contributed by atoms with Crippen molar-refractivity contribution in [3.63, 3.8) is 0 Å². The Morgan fingerprint density at radius 3 is 2.32 bits per heavy atom. The van der Waals surface area contributed by atoms with Crippen molar-refractivity contribution < 1.29 is 14.4 Å². The fraction of sp³-hybridized carbons (Fsp3) is 0.842. The predicted octanol–water partition coefficient (Wildman–Crippen LogP) is 1.45. The highest BCUT2D eigenvalue weighted by molar-refractivity contribution is 5.84. The van der Waals surface area contributed by atoms with Gasteiger partial charge in [0, 0.05) is 32.5 Å². The molecule has 3 amide bonds. The van der Waals surface area contributed by atoms with Crippen molar-refractivity contribution in [2.45, 2.75) is 64.3 Å². The third-order valence-electron chi connectivity index (χ3n) is 6.24. The molecule has 2 aliphatic carbocycles. The standard InChI is InChI=1S/C19H31N3O3/c1-13(15-6-7-15)17(24)20-12-19(8-4-3-5-9-19)21-18(25)16-10-22(11-16)14(2)23/h13,15-16H,3-12H2,1-2H3,(H,20,24)(H,21,25)/t13-/m0/s1. The zero-order valence-electron chi connectivity index (χ0n) is 15.5. The summed E-state index contributed by atoms with van der Waals surface area (Å²) in [5.74, 6) is 0.690. The van der Waals surface area contributed by atoms with Gasteiger partial charge < -0.3 is 15.5 Å². The summed E-state index contributed by atoms with van der Waals surface area (Å²) in [5.41, 5.74) is -0.315. The minimum Gasteiger partial charge on any atom is -0.354 e. The van der Waals surface area contributed by atoms with E-state index in [9.17, 15) is 14.4 Å². The molecule has 1 aliphatic heterocycles. The monoisotopic (exact) mass is 349 g/mol. The molecule has 6 nitrogen and oxygen atoms in total. The van der Waals surface area contributed by atoms with E-state index in [1.807, 2.05) is 6.92 Å². The van der Waals surface area contributed by atoms with E-state index in [4.69, 9.17) is 0 Å². The van der Waals surface area contributed by atoms with Crippen LogP contribution in [0.3, 0.4) is 0 Å². The first kappa shape index (κ1) is 18.2. The van der Waals surface area contributed by atoms with Crippen LogP contribution in [0.4, 0.5) is 0 Å². The Hall–Kier alpha value is -1.59. The topological polar surface area (TPSA) is 78.5 Å². The Kier molecular flexibility index (Phi) is 5.35. The highest BCUT2D eigenvalue weighted by Crippen LogP contribution is 2.36. The zero-order valence-corrected chi connectivity index (χ0v) is 15.5. The van der Waals surface area contributed by atoms with Gasteiger partial charge in [0.05, 0.1) is 11.5 Å². The second-order valence-electron chi connectivity index (χ2n) is 8.30. The Labute approximate surface area is 150 Å². The summed E-state index contributed by atoms with van der Waals surface area (Å²) in [6.45, 7) is 5.10. The Bertz CT molecular complexity index is 532. The molecule has 0 bridgehead atoms. The van der Waals surface area contributed by atoms with Gasteiger partial charge in [0.2, 0.25) is 17.7 Å². The number of rotatable bonds is 6. The first-order chi connectivity index (χ1) is 11.9. The summed E-state index contributed by atoms with van der Waals surface area (Å²) in [5, 5.41) is 6.34. The van der Waals surface area contributed by atoms with Gasteiger partial charge in [-0.1, -0.05) is 26.2 Å². The molecule has 3 rings (SSSR count).